The van der Waals surface area contributed by atoms with Crippen molar-refractivity contribution in [3.8, 4) is 5.75 Å². The zero-order chi connectivity index (χ0) is 26.9. The van der Waals surface area contributed by atoms with E-state index in [1.54, 1.807) is 30.3 Å². The minimum Gasteiger partial charge on any atom is -0.484 e. The first-order valence-corrected chi connectivity index (χ1v) is 12.1. The van der Waals surface area contributed by atoms with Crippen LogP contribution in [0.2, 0.25) is 0 Å². The molecule has 0 saturated carbocycles. The Balaban J connectivity index is 2.05. The molecule has 2 rings (SSSR count). The van der Waals surface area contributed by atoms with E-state index in [2.05, 4.69) is 23.3 Å². The summed E-state index contributed by atoms with van der Waals surface area (Å²) >= 11 is 1.21. The van der Waals surface area contributed by atoms with Gasteiger partial charge in [0.05, 0.1) is 4.75 Å². The standard InChI is InChI=1S/C23H26F2N2O7S2/c1-23(2,36(31)32)20(21(29)34-12-14-8-9-15(24)10-17(14)25)26-11-18(22(30)35)27-19(28)13-33-16-6-4-3-5-7-16/h3-10,18,20,26H,11-13H2,1-2H3,(H,27,28)(H,30,35)(H,31,32)/t18?,20-/m0/s1. The summed E-state index contributed by atoms with van der Waals surface area (Å²) in [6.07, 6.45) is 0. The van der Waals surface area contributed by atoms with Crippen LogP contribution in [0.3, 0.4) is 0 Å². The molecule has 0 heterocycles. The molecule has 3 N–H and O–H groups in total. The second-order valence-electron chi connectivity index (χ2n) is 8.10. The maximum absolute atomic E-state index is 13.9. The molecule has 0 radical (unpaired) electrons. The van der Waals surface area contributed by atoms with Crippen molar-refractivity contribution in [2.45, 2.75) is 37.3 Å². The van der Waals surface area contributed by atoms with Gasteiger partial charge in [-0.15, -0.1) is 12.6 Å². The number of hydrogen-bond donors (Lipinski definition) is 4. The van der Waals surface area contributed by atoms with E-state index in [4.69, 9.17) is 9.47 Å². The van der Waals surface area contributed by atoms with Crippen molar-refractivity contribution in [3.63, 3.8) is 0 Å². The van der Waals surface area contributed by atoms with E-state index < -0.39 is 69.8 Å². The van der Waals surface area contributed by atoms with Gasteiger partial charge in [0.1, 0.15) is 36.1 Å². The van der Waals surface area contributed by atoms with Crippen LogP contribution in [0.15, 0.2) is 48.5 Å². The van der Waals surface area contributed by atoms with Gasteiger partial charge in [0, 0.05) is 18.2 Å². The molecular formula is C23H26F2N2O7S2. The summed E-state index contributed by atoms with van der Waals surface area (Å²) in [5.74, 6) is -2.98. The first-order chi connectivity index (χ1) is 16.9. The fraction of sp³-hybridized carbons (Fsp3) is 0.348. The molecule has 0 fully saturated rings. The first-order valence-electron chi connectivity index (χ1n) is 10.6. The number of para-hydroxylation sites is 1. The van der Waals surface area contributed by atoms with Gasteiger partial charge < -0.3 is 24.7 Å². The number of ether oxygens (including phenoxy) is 2. The van der Waals surface area contributed by atoms with Gasteiger partial charge in [-0.2, -0.15) is 0 Å². The molecule has 9 nitrogen and oxygen atoms in total. The van der Waals surface area contributed by atoms with Crippen LogP contribution in [0.25, 0.3) is 0 Å². The van der Waals surface area contributed by atoms with E-state index in [9.17, 15) is 31.9 Å². The molecule has 2 aromatic carbocycles. The second-order valence-corrected chi connectivity index (χ2v) is 10.1. The molecule has 2 aromatic rings. The fourth-order valence-corrected chi connectivity index (χ4v) is 3.46. The number of carbonyl (C=O) groups is 3. The number of esters is 1. The molecule has 2 unspecified atom stereocenters. The van der Waals surface area contributed by atoms with Gasteiger partial charge in [0.15, 0.2) is 17.7 Å². The lowest BCUT2D eigenvalue weighted by atomic mass is 10.0. The van der Waals surface area contributed by atoms with Crippen molar-refractivity contribution in [1.29, 1.82) is 0 Å². The molecule has 0 aliphatic carbocycles. The molecule has 3 atom stereocenters. The minimum atomic E-state index is -2.54. The van der Waals surface area contributed by atoms with E-state index in [1.807, 2.05) is 0 Å². The van der Waals surface area contributed by atoms with Crippen molar-refractivity contribution >= 4 is 40.7 Å². The number of thiol groups is 1. The summed E-state index contributed by atoms with van der Waals surface area (Å²) in [5, 5.41) is 4.31. The number of halogens is 2. The van der Waals surface area contributed by atoms with E-state index in [-0.39, 0.29) is 12.1 Å². The maximum atomic E-state index is 13.9. The van der Waals surface area contributed by atoms with Crippen molar-refractivity contribution in [3.05, 3.63) is 65.7 Å². The van der Waals surface area contributed by atoms with Crippen LogP contribution in [0, 0.1) is 11.6 Å². The topological polar surface area (TPSA) is 131 Å². The number of carbonyl (C=O) groups excluding carboxylic acids is 3. The largest absolute Gasteiger partial charge is 0.484 e. The maximum Gasteiger partial charge on any atom is 0.325 e. The molecule has 0 aliphatic heterocycles. The van der Waals surface area contributed by atoms with Gasteiger partial charge in [-0.05, 0) is 38.1 Å². The van der Waals surface area contributed by atoms with Gasteiger partial charge in [-0.3, -0.25) is 14.4 Å². The Labute approximate surface area is 214 Å². The molecule has 1 amide bonds. The summed E-state index contributed by atoms with van der Waals surface area (Å²) in [5.41, 5.74) is -0.111. The second kappa shape index (κ2) is 13.4. The highest BCUT2D eigenvalue weighted by atomic mass is 32.2. The highest BCUT2D eigenvalue weighted by Gasteiger charge is 2.42. The average Bonchev–Trinajstić information content (AvgIpc) is 2.81. The van der Waals surface area contributed by atoms with Gasteiger partial charge in [-0.1, -0.05) is 18.2 Å². The Hall–Kier alpha value is -2.87. The number of amides is 1. The Bertz CT molecular complexity index is 1100. The first kappa shape index (κ1) is 29.4. The Morgan fingerprint density at radius 1 is 1.14 bits per heavy atom. The molecule has 0 saturated heterocycles. The molecular weight excluding hydrogens is 518 g/mol. The zero-order valence-electron chi connectivity index (χ0n) is 19.4. The lowest BCUT2D eigenvalue weighted by Crippen LogP contribution is -2.58. The van der Waals surface area contributed by atoms with Crippen molar-refractivity contribution in [2.24, 2.45) is 0 Å². The summed E-state index contributed by atoms with van der Waals surface area (Å²) in [6, 6.07) is 8.50. The number of benzene rings is 2. The third-order valence-electron chi connectivity index (χ3n) is 5.04. The van der Waals surface area contributed by atoms with Gasteiger partial charge in [-0.25, -0.2) is 13.0 Å². The number of nitrogens with one attached hydrogen (secondary N) is 2. The van der Waals surface area contributed by atoms with Crippen molar-refractivity contribution in [1.82, 2.24) is 10.6 Å². The summed E-state index contributed by atoms with van der Waals surface area (Å²) in [6.45, 7) is 1.27. The predicted molar refractivity (Wildman–Crippen MR) is 131 cm³/mol. The number of hydrogen-bond acceptors (Lipinski definition) is 7. The SMILES string of the molecule is CC(C)([C@@H](NCC(NC(=O)COc1ccccc1)C(=O)S)C(=O)OCc1ccc(F)cc1F)S(=O)O. The van der Waals surface area contributed by atoms with Crippen LogP contribution in [0.1, 0.15) is 19.4 Å². The quantitative estimate of drug-likeness (QED) is 0.171. The monoisotopic (exact) mass is 544 g/mol. The Morgan fingerprint density at radius 3 is 2.39 bits per heavy atom. The van der Waals surface area contributed by atoms with Crippen LogP contribution < -0.4 is 15.4 Å². The molecule has 0 spiro atoms. The summed E-state index contributed by atoms with van der Waals surface area (Å²) in [7, 11) is 0. The van der Waals surface area contributed by atoms with Crippen LogP contribution in [0.4, 0.5) is 8.78 Å². The zero-order valence-corrected chi connectivity index (χ0v) is 21.1. The van der Waals surface area contributed by atoms with Crippen molar-refractivity contribution < 1.29 is 41.4 Å². The minimum absolute atomic E-state index is 0.111. The lowest BCUT2D eigenvalue weighted by molar-refractivity contribution is -0.148. The van der Waals surface area contributed by atoms with Crippen LogP contribution in [0.5, 0.6) is 5.75 Å². The average molecular weight is 545 g/mol. The van der Waals surface area contributed by atoms with Gasteiger partial charge in [0.2, 0.25) is 5.12 Å². The molecule has 13 heteroatoms. The van der Waals surface area contributed by atoms with Crippen molar-refractivity contribution in [2.75, 3.05) is 13.2 Å². The Morgan fingerprint density at radius 2 is 1.81 bits per heavy atom. The highest BCUT2D eigenvalue weighted by molar-refractivity contribution is 7.96. The van der Waals surface area contributed by atoms with Crippen LogP contribution in [-0.4, -0.2) is 55.7 Å². The van der Waals surface area contributed by atoms with E-state index >= 15 is 0 Å². The Kier molecular flexibility index (Phi) is 11.0. The summed E-state index contributed by atoms with van der Waals surface area (Å²) < 4.78 is 57.4. The third-order valence-corrected chi connectivity index (χ3v) is 6.49. The highest BCUT2D eigenvalue weighted by Crippen LogP contribution is 2.20. The van der Waals surface area contributed by atoms with Crippen LogP contribution >= 0.6 is 12.6 Å². The van der Waals surface area contributed by atoms with E-state index in [0.29, 0.717) is 11.8 Å². The normalized spacial score (nSPS) is 13.8. The molecule has 0 aliphatic rings. The predicted octanol–water partition coefficient (Wildman–Crippen LogP) is 1.99. The van der Waals surface area contributed by atoms with E-state index in [0.717, 1.165) is 12.1 Å². The molecule has 36 heavy (non-hydrogen) atoms. The lowest BCUT2D eigenvalue weighted by Gasteiger charge is -2.31. The van der Waals surface area contributed by atoms with Gasteiger partial charge in [0.25, 0.3) is 5.91 Å². The third kappa shape index (κ3) is 8.66. The number of rotatable bonds is 13. The summed E-state index contributed by atoms with van der Waals surface area (Å²) in [4.78, 5) is 37.0. The molecule has 0 aromatic heterocycles. The van der Waals surface area contributed by atoms with Crippen LogP contribution in [-0.2, 0) is 36.8 Å². The van der Waals surface area contributed by atoms with E-state index in [1.165, 1.54) is 13.8 Å². The fourth-order valence-electron chi connectivity index (χ4n) is 2.92. The molecule has 196 valence electrons. The smallest absolute Gasteiger partial charge is 0.325 e. The molecule has 0 bridgehead atoms. The van der Waals surface area contributed by atoms with Gasteiger partial charge >= 0.3 is 5.97 Å².